The summed E-state index contributed by atoms with van der Waals surface area (Å²) in [6.07, 6.45) is 45.9. The van der Waals surface area contributed by atoms with E-state index in [-0.39, 0.29) is 0 Å². The third-order valence-electron chi connectivity index (χ3n) is 9.15. The number of rotatable bonds is 35. The van der Waals surface area contributed by atoms with Gasteiger partial charge >= 0.3 is 5.97 Å². The molecule has 1 unspecified atom stereocenters. The SMILES string of the molecule is CCCCCCCCCCCCCCCCCCC(CCCCCCCCCCCCCCCCC)CC(=O)O. The number of carboxylic acid groups (broad SMARTS) is 1. The van der Waals surface area contributed by atoms with Gasteiger partial charge in [0, 0.05) is 6.42 Å². The Balaban J connectivity index is 3.47. The van der Waals surface area contributed by atoms with Crippen LogP contribution >= 0.6 is 0 Å². The third kappa shape index (κ3) is 33.7. The molecule has 0 aliphatic carbocycles. The first-order valence-electron chi connectivity index (χ1n) is 18.9. The smallest absolute Gasteiger partial charge is 0.303 e. The molecule has 240 valence electrons. The summed E-state index contributed by atoms with van der Waals surface area (Å²) in [4.78, 5) is 11.3. The van der Waals surface area contributed by atoms with Crippen molar-refractivity contribution in [2.75, 3.05) is 0 Å². The van der Waals surface area contributed by atoms with E-state index in [0.717, 1.165) is 12.8 Å². The van der Waals surface area contributed by atoms with Crippen molar-refractivity contribution in [2.24, 2.45) is 5.92 Å². The number of unbranched alkanes of at least 4 members (excludes halogenated alkanes) is 29. The van der Waals surface area contributed by atoms with Crippen molar-refractivity contribution < 1.29 is 9.90 Å². The van der Waals surface area contributed by atoms with Crippen LogP contribution in [0.5, 0.6) is 0 Å². The highest BCUT2D eigenvalue weighted by molar-refractivity contribution is 5.66. The molecule has 0 rings (SSSR count). The Hall–Kier alpha value is -0.530. The van der Waals surface area contributed by atoms with E-state index in [4.69, 9.17) is 0 Å². The van der Waals surface area contributed by atoms with Gasteiger partial charge in [0.05, 0.1) is 0 Å². The molecule has 0 amide bonds. The van der Waals surface area contributed by atoms with Gasteiger partial charge in [0.1, 0.15) is 0 Å². The molecule has 0 aromatic heterocycles. The quantitative estimate of drug-likeness (QED) is 0.0777. The molecule has 0 saturated heterocycles. The maximum Gasteiger partial charge on any atom is 0.303 e. The van der Waals surface area contributed by atoms with E-state index >= 15 is 0 Å². The van der Waals surface area contributed by atoms with E-state index in [1.54, 1.807) is 0 Å². The topological polar surface area (TPSA) is 37.3 Å². The molecule has 1 atom stereocenters. The van der Waals surface area contributed by atoms with Crippen molar-refractivity contribution in [1.82, 2.24) is 0 Å². The van der Waals surface area contributed by atoms with Gasteiger partial charge in [-0.3, -0.25) is 4.79 Å². The zero-order valence-electron chi connectivity index (χ0n) is 28.0. The molecule has 0 aromatic rings. The number of aliphatic carboxylic acids is 1. The van der Waals surface area contributed by atoms with Crippen LogP contribution in [0.4, 0.5) is 0 Å². The largest absolute Gasteiger partial charge is 0.481 e. The average Bonchev–Trinajstić information content (AvgIpc) is 2.94. The van der Waals surface area contributed by atoms with Crippen LogP contribution in [0, 0.1) is 5.92 Å². The summed E-state index contributed by atoms with van der Waals surface area (Å²) in [6.45, 7) is 4.58. The Kier molecular flexibility index (Phi) is 34.2. The summed E-state index contributed by atoms with van der Waals surface area (Å²) in [5.74, 6) is -0.187. The van der Waals surface area contributed by atoms with E-state index in [2.05, 4.69) is 13.8 Å². The summed E-state index contributed by atoms with van der Waals surface area (Å²) in [5.41, 5.74) is 0. The summed E-state index contributed by atoms with van der Waals surface area (Å²) >= 11 is 0. The first-order chi connectivity index (χ1) is 19.7. The Morgan fingerprint density at radius 3 is 0.775 bits per heavy atom. The molecule has 0 radical (unpaired) electrons. The monoisotopic (exact) mass is 565 g/mol. The van der Waals surface area contributed by atoms with Crippen LogP contribution in [0.15, 0.2) is 0 Å². The van der Waals surface area contributed by atoms with E-state index < -0.39 is 5.97 Å². The highest BCUT2D eigenvalue weighted by Crippen LogP contribution is 2.23. The normalized spacial score (nSPS) is 12.2. The highest BCUT2D eigenvalue weighted by Gasteiger charge is 2.12. The van der Waals surface area contributed by atoms with Gasteiger partial charge in [-0.2, -0.15) is 0 Å². The van der Waals surface area contributed by atoms with E-state index in [1.165, 1.54) is 199 Å². The number of carbonyl (C=O) groups is 1. The van der Waals surface area contributed by atoms with Crippen LogP contribution in [0.1, 0.15) is 232 Å². The molecule has 0 saturated carbocycles. The van der Waals surface area contributed by atoms with E-state index in [1.807, 2.05) is 0 Å². The van der Waals surface area contributed by atoms with E-state index in [0.29, 0.717) is 12.3 Å². The maximum absolute atomic E-state index is 11.3. The van der Waals surface area contributed by atoms with Crippen LogP contribution in [-0.2, 0) is 4.79 Å². The lowest BCUT2D eigenvalue weighted by Crippen LogP contribution is -2.08. The number of hydrogen-bond donors (Lipinski definition) is 1. The average molecular weight is 565 g/mol. The fraction of sp³-hybridized carbons (Fsp3) is 0.974. The van der Waals surface area contributed by atoms with Crippen LogP contribution in [0.3, 0.4) is 0 Å². The van der Waals surface area contributed by atoms with Crippen molar-refractivity contribution in [3.05, 3.63) is 0 Å². The molecule has 0 aliphatic heterocycles. The first kappa shape index (κ1) is 39.5. The fourth-order valence-electron chi connectivity index (χ4n) is 6.38. The molecule has 0 aromatic carbocycles. The van der Waals surface area contributed by atoms with Crippen LogP contribution in [0.2, 0.25) is 0 Å². The Morgan fingerprint density at radius 1 is 0.375 bits per heavy atom. The summed E-state index contributed by atoms with van der Waals surface area (Å²) < 4.78 is 0. The van der Waals surface area contributed by atoms with Crippen LogP contribution in [-0.4, -0.2) is 11.1 Å². The molecule has 0 spiro atoms. The third-order valence-corrected chi connectivity index (χ3v) is 9.15. The van der Waals surface area contributed by atoms with Gasteiger partial charge in [-0.25, -0.2) is 0 Å². The van der Waals surface area contributed by atoms with Gasteiger partial charge in [-0.15, -0.1) is 0 Å². The minimum absolute atomic E-state index is 0.386. The van der Waals surface area contributed by atoms with Crippen LogP contribution in [0.25, 0.3) is 0 Å². The molecule has 0 bridgehead atoms. The molecule has 0 fully saturated rings. The first-order valence-corrected chi connectivity index (χ1v) is 18.9. The molecule has 2 heteroatoms. The van der Waals surface area contributed by atoms with Crippen molar-refractivity contribution in [2.45, 2.75) is 232 Å². The summed E-state index contributed by atoms with van der Waals surface area (Å²) in [6, 6.07) is 0. The maximum atomic E-state index is 11.3. The van der Waals surface area contributed by atoms with Gasteiger partial charge in [0.25, 0.3) is 0 Å². The van der Waals surface area contributed by atoms with Crippen molar-refractivity contribution >= 4 is 5.97 Å². The van der Waals surface area contributed by atoms with Gasteiger partial charge < -0.3 is 5.11 Å². The van der Waals surface area contributed by atoms with Gasteiger partial charge in [0.2, 0.25) is 0 Å². The molecule has 1 N–H and O–H groups in total. The van der Waals surface area contributed by atoms with Crippen molar-refractivity contribution in [1.29, 1.82) is 0 Å². The van der Waals surface area contributed by atoms with E-state index in [9.17, 15) is 9.90 Å². The van der Waals surface area contributed by atoms with Gasteiger partial charge in [-0.1, -0.05) is 213 Å². The molecule has 40 heavy (non-hydrogen) atoms. The number of hydrogen-bond acceptors (Lipinski definition) is 1. The standard InChI is InChI=1S/C38H76O2/c1-3-5-7-9-11-13-15-17-19-21-23-25-27-29-31-33-35-37(36-38(39)40)34-32-30-28-26-24-22-20-18-16-14-12-10-8-6-4-2/h37H,3-36H2,1-2H3,(H,39,40). The molecule has 0 heterocycles. The predicted molar refractivity (Wildman–Crippen MR) is 179 cm³/mol. The predicted octanol–water partition coefficient (Wildman–Crippen LogP) is 14.0. The number of carboxylic acids is 1. The Labute approximate surface area is 253 Å². The van der Waals surface area contributed by atoms with Crippen molar-refractivity contribution in [3.8, 4) is 0 Å². The van der Waals surface area contributed by atoms with Gasteiger partial charge in [-0.05, 0) is 18.8 Å². The zero-order chi connectivity index (χ0) is 29.2. The minimum Gasteiger partial charge on any atom is -0.481 e. The second-order valence-electron chi connectivity index (χ2n) is 13.3. The molecular weight excluding hydrogens is 488 g/mol. The zero-order valence-corrected chi connectivity index (χ0v) is 28.0. The molecule has 0 aliphatic rings. The van der Waals surface area contributed by atoms with Gasteiger partial charge in [0.15, 0.2) is 0 Å². The highest BCUT2D eigenvalue weighted by atomic mass is 16.4. The van der Waals surface area contributed by atoms with Crippen LogP contribution < -0.4 is 0 Å². The lowest BCUT2D eigenvalue weighted by Gasteiger charge is -2.14. The lowest BCUT2D eigenvalue weighted by atomic mass is 9.91. The molecular formula is C38H76O2. The minimum atomic E-state index is -0.595. The van der Waals surface area contributed by atoms with Crippen molar-refractivity contribution in [3.63, 3.8) is 0 Å². The summed E-state index contributed by atoms with van der Waals surface area (Å²) in [5, 5.41) is 9.34. The second kappa shape index (κ2) is 34.7. The fourth-order valence-corrected chi connectivity index (χ4v) is 6.38. The summed E-state index contributed by atoms with van der Waals surface area (Å²) in [7, 11) is 0. The second-order valence-corrected chi connectivity index (χ2v) is 13.3. The Morgan fingerprint density at radius 2 is 0.575 bits per heavy atom. The lowest BCUT2D eigenvalue weighted by molar-refractivity contribution is -0.138. The Bertz CT molecular complexity index is 474. The molecule has 2 nitrogen and oxygen atoms in total.